The molecule has 0 aliphatic heterocycles. The van der Waals surface area contributed by atoms with Gasteiger partial charge >= 0.3 is 0 Å². The van der Waals surface area contributed by atoms with Gasteiger partial charge in [-0.2, -0.15) is 4.31 Å². The van der Waals surface area contributed by atoms with Crippen molar-refractivity contribution in [1.82, 2.24) is 4.31 Å². The minimum absolute atomic E-state index is 0.119. The molecule has 0 radical (unpaired) electrons. The van der Waals surface area contributed by atoms with Gasteiger partial charge in [0.2, 0.25) is 0 Å². The van der Waals surface area contributed by atoms with Crippen molar-refractivity contribution in [3.05, 3.63) is 16.5 Å². The summed E-state index contributed by atoms with van der Waals surface area (Å²) < 4.78 is 26.7. The highest BCUT2D eigenvalue weighted by Gasteiger charge is 2.31. The molecular weight excluding hydrogens is 278 g/mol. The van der Waals surface area contributed by atoms with Crippen molar-refractivity contribution in [2.45, 2.75) is 17.1 Å². The lowest BCUT2D eigenvalue weighted by Gasteiger charge is -2.18. The van der Waals surface area contributed by atoms with E-state index in [-0.39, 0.29) is 10.8 Å². The van der Waals surface area contributed by atoms with Crippen molar-refractivity contribution in [3.63, 3.8) is 0 Å². The Bertz CT molecular complexity index is 540. The van der Waals surface area contributed by atoms with E-state index in [0.717, 1.165) is 24.2 Å². The van der Waals surface area contributed by atoms with E-state index < -0.39 is 10.0 Å². The first-order chi connectivity index (χ1) is 8.04. The third kappa shape index (κ3) is 3.02. The zero-order valence-corrected chi connectivity index (χ0v) is 11.5. The lowest BCUT2D eigenvalue weighted by molar-refractivity contribution is 0.431. The minimum Gasteiger partial charge on any atom is -0.206 e. The molecule has 3 nitrogen and oxygen atoms in total. The fraction of sp³-hybridized carbons (Fsp3) is 0.455. The Labute approximate surface area is 110 Å². The number of terminal acetylenes is 1. The molecule has 0 amide bonds. The summed E-state index contributed by atoms with van der Waals surface area (Å²) in [6.45, 7) is 0.635. The van der Waals surface area contributed by atoms with Gasteiger partial charge in [0.05, 0.1) is 10.9 Å². The molecule has 17 heavy (non-hydrogen) atoms. The van der Waals surface area contributed by atoms with Crippen LogP contribution in [0.25, 0.3) is 0 Å². The number of sulfonamides is 1. The van der Waals surface area contributed by atoms with Crippen LogP contribution >= 0.6 is 22.9 Å². The summed E-state index contributed by atoms with van der Waals surface area (Å²) in [7, 11) is -3.47. The summed E-state index contributed by atoms with van der Waals surface area (Å²) in [6.07, 6.45) is 7.40. The summed E-state index contributed by atoms with van der Waals surface area (Å²) in [6, 6.07) is 3.11. The van der Waals surface area contributed by atoms with E-state index in [1.54, 1.807) is 6.07 Å². The number of hydrogen-bond acceptors (Lipinski definition) is 3. The number of rotatable bonds is 5. The summed E-state index contributed by atoms with van der Waals surface area (Å²) >= 11 is 6.83. The van der Waals surface area contributed by atoms with Crippen molar-refractivity contribution in [2.75, 3.05) is 13.1 Å². The predicted molar refractivity (Wildman–Crippen MR) is 69.6 cm³/mol. The molecule has 0 atom stereocenters. The molecule has 1 saturated carbocycles. The van der Waals surface area contributed by atoms with Crippen LogP contribution in [0.1, 0.15) is 12.8 Å². The van der Waals surface area contributed by atoms with Crippen LogP contribution in [0.15, 0.2) is 16.3 Å². The molecule has 0 spiro atoms. The number of hydrogen-bond donors (Lipinski definition) is 0. The monoisotopic (exact) mass is 289 g/mol. The van der Waals surface area contributed by atoms with E-state index in [1.807, 2.05) is 0 Å². The molecule has 1 fully saturated rings. The van der Waals surface area contributed by atoms with Crippen molar-refractivity contribution in [3.8, 4) is 12.3 Å². The Morgan fingerprint density at radius 3 is 2.71 bits per heavy atom. The molecule has 1 heterocycles. The number of nitrogens with zero attached hydrogens (tertiary/aromatic N) is 1. The van der Waals surface area contributed by atoms with Crippen molar-refractivity contribution in [1.29, 1.82) is 0 Å². The SMILES string of the molecule is C#CCN(CC1CC1)S(=O)(=O)c1ccc(Cl)s1. The summed E-state index contributed by atoms with van der Waals surface area (Å²) in [5.74, 6) is 2.87. The van der Waals surface area contributed by atoms with E-state index in [9.17, 15) is 8.42 Å². The second-order valence-corrected chi connectivity index (χ2v) is 7.88. The average molecular weight is 290 g/mol. The first-order valence-corrected chi connectivity index (χ1v) is 7.86. The summed E-state index contributed by atoms with van der Waals surface area (Å²) in [5.41, 5.74) is 0. The molecule has 1 aliphatic carbocycles. The van der Waals surface area contributed by atoms with Crippen molar-refractivity contribution < 1.29 is 8.42 Å². The predicted octanol–water partition coefficient (Wildman–Crippen LogP) is 2.44. The molecule has 0 unspecified atom stereocenters. The van der Waals surface area contributed by atoms with Crippen LogP contribution in [-0.2, 0) is 10.0 Å². The van der Waals surface area contributed by atoms with Crippen molar-refractivity contribution in [2.24, 2.45) is 5.92 Å². The maximum atomic E-state index is 12.3. The van der Waals surface area contributed by atoms with Crippen LogP contribution in [0.4, 0.5) is 0 Å². The third-order valence-electron chi connectivity index (χ3n) is 2.57. The molecule has 0 aromatic carbocycles. The second-order valence-electron chi connectivity index (χ2n) is 4.00. The zero-order valence-electron chi connectivity index (χ0n) is 9.10. The van der Waals surface area contributed by atoms with E-state index in [0.29, 0.717) is 16.8 Å². The van der Waals surface area contributed by atoms with E-state index in [4.69, 9.17) is 18.0 Å². The average Bonchev–Trinajstić information content (AvgIpc) is 2.98. The first kappa shape index (κ1) is 12.9. The smallest absolute Gasteiger partial charge is 0.206 e. The molecular formula is C11H12ClNO2S2. The standard InChI is InChI=1S/C11H12ClNO2S2/c1-2-7-13(8-9-3-4-9)17(14,15)11-6-5-10(12)16-11/h1,5-6,9H,3-4,7-8H2. The summed E-state index contributed by atoms with van der Waals surface area (Å²) in [5, 5.41) is 0. The van der Waals surface area contributed by atoms with E-state index >= 15 is 0 Å². The highest BCUT2D eigenvalue weighted by Crippen LogP contribution is 2.33. The Morgan fingerprint density at radius 1 is 1.53 bits per heavy atom. The van der Waals surface area contributed by atoms with Crippen LogP contribution in [0, 0.1) is 18.3 Å². The Morgan fingerprint density at radius 2 is 2.24 bits per heavy atom. The molecule has 1 aromatic rings. The lowest BCUT2D eigenvalue weighted by atomic mass is 10.4. The largest absolute Gasteiger partial charge is 0.253 e. The third-order valence-corrected chi connectivity index (χ3v) is 6.08. The van der Waals surface area contributed by atoms with Gasteiger partial charge < -0.3 is 0 Å². The van der Waals surface area contributed by atoms with Gasteiger partial charge in [-0.1, -0.05) is 17.5 Å². The van der Waals surface area contributed by atoms with Gasteiger partial charge in [-0.3, -0.25) is 0 Å². The molecule has 92 valence electrons. The maximum Gasteiger partial charge on any atom is 0.253 e. The van der Waals surface area contributed by atoms with Gasteiger partial charge in [-0.25, -0.2) is 8.42 Å². The zero-order chi connectivity index (χ0) is 12.5. The Kier molecular flexibility index (Phi) is 3.79. The Balaban J connectivity index is 2.24. The fourth-order valence-corrected chi connectivity index (χ4v) is 4.57. The topological polar surface area (TPSA) is 37.4 Å². The first-order valence-electron chi connectivity index (χ1n) is 5.23. The molecule has 2 rings (SSSR count). The number of thiophene rings is 1. The molecule has 1 aromatic heterocycles. The van der Waals surface area contributed by atoms with Crippen LogP contribution in [0.2, 0.25) is 4.34 Å². The molecule has 0 saturated heterocycles. The highest BCUT2D eigenvalue weighted by atomic mass is 35.5. The number of halogens is 1. The van der Waals surface area contributed by atoms with Gasteiger partial charge in [-0.15, -0.1) is 17.8 Å². The highest BCUT2D eigenvalue weighted by molar-refractivity contribution is 7.91. The van der Waals surface area contributed by atoms with Crippen LogP contribution in [-0.4, -0.2) is 25.8 Å². The van der Waals surface area contributed by atoms with Gasteiger partial charge in [0.15, 0.2) is 0 Å². The van der Waals surface area contributed by atoms with Gasteiger partial charge in [-0.05, 0) is 30.9 Å². The van der Waals surface area contributed by atoms with Crippen LogP contribution in [0.3, 0.4) is 0 Å². The van der Waals surface area contributed by atoms with E-state index in [2.05, 4.69) is 5.92 Å². The van der Waals surface area contributed by atoms with Gasteiger partial charge in [0, 0.05) is 6.54 Å². The fourth-order valence-electron chi connectivity index (χ4n) is 1.50. The molecule has 0 bridgehead atoms. The quantitative estimate of drug-likeness (QED) is 0.781. The van der Waals surface area contributed by atoms with Crippen LogP contribution < -0.4 is 0 Å². The van der Waals surface area contributed by atoms with E-state index in [1.165, 1.54) is 10.4 Å². The molecule has 6 heteroatoms. The summed E-state index contributed by atoms with van der Waals surface area (Å²) in [4.78, 5) is 0. The van der Waals surface area contributed by atoms with Crippen LogP contribution in [0.5, 0.6) is 0 Å². The molecule has 1 aliphatic rings. The molecule has 0 N–H and O–H groups in total. The van der Waals surface area contributed by atoms with Crippen molar-refractivity contribution >= 4 is 33.0 Å². The van der Waals surface area contributed by atoms with Gasteiger partial charge in [0.25, 0.3) is 10.0 Å². The lowest BCUT2D eigenvalue weighted by Crippen LogP contribution is -2.32. The minimum atomic E-state index is -3.47. The van der Waals surface area contributed by atoms with Gasteiger partial charge in [0.1, 0.15) is 4.21 Å². The normalized spacial score (nSPS) is 16.1. The Hall–Kier alpha value is -0.540. The maximum absolute atomic E-state index is 12.3. The second kappa shape index (κ2) is 4.99.